The lowest BCUT2D eigenvalue weighted by atomic mass is 9.67. The van der Waals surface area contributed by atoms with Crippen LogP contribution < -0.4 is 0 Å². The number of benzene rings is 2. The fraction of sp³-hybridized carbons (Fsp3) is 0.435. The minimum Gasteiger partial charge on any atom is -0.462 e. The van der Waals surface area contributed by atoms with Crippen molar-refractivity contribution >= 4 is 5.97 Å². The molecule has 25 heavy (non-hydrogen) atoms. The Kier molecular flexibility index (Phi) is 4.99. The first kappa shape index (κ1) is 17.7. The summed E-state index contributed by atoms with van der Waals surface area (Å²) in [4.78, 5) is 12.3. The maximum absolute atomic E-state index is 12.3. The Hall–Kier alpha value is -2.09. The molecule has 0 spiro atoms. The number of ether oxygens (including phenoxy) is 1. The predicted molar refractivity (Wildman–Crippen MR) is 103 cm³/mol. The maximum atomic E-state index is 12.3. The molecule has 1 aliphatic carbocycles. The van der Waals surface area contributed by atoms with Crippen molar-refractivity contribution in [1.82, 2.24) is 0 Å². The van der Waals surface area contributed by atoms with Gasteiger partial charge in [-0.1, -0.05) is 57.2 Å². The van der Waals surface area contributed by atoms with Crippen LogP contribution in [0, 0.1) is 0 Å². The molecule has 0 saturated carbocycles. The molecule has 2 nitrogen and oxygen atoms in total. The van der Waals surface area contributed by atoms with Gasteiger partial charge >= 0.3 is 5.97 Å². The number of hydrogen-bond donors (Lipinski definition) is 0. The molecule has 0 radical (unpaired) electrons. The first-order chi connectivity index (χ1) is 12.0. The predicted octanol–water partition coefficient (Wildman–Crippen LogP) is 6.10. The lowest BCUT2D eigenvalue weighted by Gasteiger charge is -2.37. The van der Waals surface area contributed by atoms with Crippen LogP contribution in [0.2, 0.25) is 0 Å². The third-order valence-electron chi connectivity index (χ3n) is 5.57. The average molecular weight is 336 g/mol. The van der Waals surface area contributed by atoms with E-state index < -0.39 is 0 Å². The molecule has 1 atom stereocenters. The zero-order chi connectivity index (χ0) is 18.0. The van der Waals surface area contributed by atoms with Gasteiger partial charge in [0.05, 0.1) is 12.2 Å². The summed E-state index contributed by atoms with van der Waals surface area (Å²) in [6.07, 6.45) is 3.65. The number of carbonyl (C=O) groups excluding carboxylic acids is 1. The first-order valence-electron chi connectivity index (χ1n) is 9.39. The van der Waals surface area contributed by atoms with Gasteiger partial charge < -0.3 is 4.74 Å². The van der Waals surface area contributed by atoms with E-state index in [2.05, 4.69) is 39.0 Å². The number of carbonyl (C=O) groups is 1. The van der Waals surface area contributed by atoms with E-state index >= 15 is 0 Å². The third kappa shape index (κ3) is 3.35. The van der Waals surface area contributed by atoms with Crippen LogP contribution in [0.4, 0.5) is 0 Å². The summed E-state index contributed by atoms with van der Waals surface area (Å²) in [5.41, 5.74) is 5.80. The lowest BCUT2D eigenvalue weighted by Crippen LogP contribution is -2.26. The van der Waals surface area contributed by atoms with Crippen molar-refractivity contribution in [1.29, 1.82) is 0 Å². The molecule has 1 unspecified atom stereocenters. The third-order valence-corrected chi connectivity index (χ3v) is 5.57. The molecule has 0 N–H and O–H groups in total. The van der Waals surface area contributed by atoms with E-state index in [-0.39, 0.29) is 11.4 Å². The van der Waals surface area contributed by atoms with Gasteiger partial charge in [-0.15, -0.1) is 0 Å². The molecular formula is C23H28O2. The highest BCUT2D eigenvalue weighted by atomic mass is 16.5. The van der Waals surface area contributed by atoms with E-state index in [1.54, 1.807) is 0 Å². The van der Waals surface area contributed by atoms with E-state index in [9.17, 15) is 4.79 Å². The molecule has 0 aliphatic heterocycles. The topological polar surface area (TPSA) is 26.3 Å². The van der Waals surface area contributed by atoms with E-state index in [0.717, 1.165) is 11.1 Å². The van der Waals surface area contributed by atoms with Crippen molar-refractivity contribution in [3.8, 4) is 11.1 Å². The second-order valence-electron chi connectivity index (χ2n) is 7.60. The highest BCUT2D eigenvalue weighted by molar-refractivity contribution is 5.97. The zero-order valence-electron chi connectivity index (χ0n) is 15.8. The van der Waals surface area contributed by atoms with E-state index in [0.29, 0.717) is 18.1 Å². The molecule has 2 aromatic carbocycles. The molecule has 2 heteroatoms. The SMILES string of the molecule is CCOC(=O)c1ccccc1-c1ccc2c(c1)C(C)(C)CCC2CC. The quantitative estimate of drug-likeness (QED) is 0.631. The van der Waals surface area contributed by atoms with E-state index in [1.165, 1.54) is 30.4 Å². The Balaban J connectivity index is 2.10. The number of fused-ring (bicyclic) bond motifs is 1. The number of hydrogen-bond acceptors (Lipinski definition) is 2. The largest absolute Gasteiger partial charge is 0.462 e. The molecule has 0 bridgehead atoms. The second kappa shape index (κ2) is 7.03. The Morgan fingerprint density at radius 3 is 2.64 bits per heavy atom. The summed E-state index contributed by atoms with van der Waals surface area (Å²) in [6.45, 7) is 9.17. The fourth-order valence-corrected chi connectivity index (χ4v) is 4.04. The van der Waals surface area contributed by atoms with Gasteiger partial charge in [-0.05, 0) is 65.8 Å². The van der Waals surface area contributed by atoms with Crippen LogP contribution in [-0.4, -0.2) is 12.6 Å². The smallest absolute Gasteiger partial charge is 0.338 e. The van der Waals surface area contributed by atoms with Crippen molar-refractivity contribution in [2.45, 2.75) is 58.3 Å². The molecule has 2 aromatic rings. The summed E-state index contributed by atoms with van der Waals surface area (Å²) in [5.74, 6) is 0.402. The Morgan fingerprint density at radius 2 is 1.92 bits per heavy atom. The van der Waals surface area contributed by atoms with Crippen molar-refractivity contribution in [2.24, 2.45) is 0 Å². The zero-order valence-corrected chi connectivity index (χ0v) is 15.8. The lowest BCUT2D eigenvalue weighted by molar-refractivity contribution is 0.0527. The minimum atomic E-state index is -0.249. The first-order valence-corrected chi connectivity index (χ1v) is 9.39. The van der Waals surface area contributed by atoms with Gasteiger partial charge in [0.25, 0.3) is 0 Å². The molecule has 3 rings (SSSR count). The minimum absolute atomic E-state index is 0.176. The van der Waals surface area contributed by atoms with Gasteiger partial charge in [0.2, 0.25) is 0 Å². The van der Waals surface area contributed by atoms with Crippen molar-refractivity contribution < 1.29 is 9.53 Å². The molecule has 0 amide bonds. The van der Waals surface area contributed by atoms with Gasteiger partial charge in [-0.2, -0.15) is 0 Å². The molecule has 0 fully saturated rings. The van der Waals surface area contributed by atoms with Crippen molar-refractivity contribution in [3.63, 3.8) is 0 Å². The maximum Gasteiger partial charge on any atom is 0.338 e. The molecule has 1 aliphatic rings. The van der Waals surface area contributed by atoms with Crippen LogP contribution in [0.5, 0.6) is 0 Å². The summed E-state index contributed by atoms with van der Waals surface area (Å²) < 4.78 is 5.24. The average Bonchev–Trinajstić information content (AvgIpc) is 2.62. The van der Waals surface area contributed by atoms with Crippen LogP contribution in [0.25, 0.3) is 11.1 Å². The van der Waals surface area contributed by atoms with Crippen LogP contribution in [0.3, 0.4) is 0 Å². The highest BCUT2D eigenvalue weighted by Crippen LogP contribution is 2.45. The number of esters is 1. The molecule has 0 heterocycles. The molecule has 132 valence electrons. The Bertz CT molecular complexity index is 773. The van der Waals surface area contributed by atoms with Crippen LogP contribution in [-0.2, 0) is 10.2 Å². The van der Waals surface area contributed by atoms with E-state index in [4.69, 9.17) is 4.74 Å². The van der Waals surface area contributed by atoms with E-state index in [1.807, 2.05) is 31.2 Å². The van der Waals surface area contributed by atoms with Crippen LogP contribution >= 0.6 is 0 Å². The summed E-state index contributed by atoms with van der Waals surface area (Å²) in [6, 6.07) is 14.5. The fourth-order valence-electron chi connectivity index (χ4n) is 4.04. The summed E-state index contributed by atoms with van der Waals surface area (Å²) in [7, 11) is 0. The Labute approximate surface area is 151 Å². The summed E-state index contributed by atoms with van der Waals surface area (Å²) in [5, 5.41) is 0. The molecular weight excluding hydrogens is 308 g/mol. The van der Waals surface area contributed by atoms with Crippen molar-refractivity contribution in [2.75, 3.05) is 6.61 Å². The monoisotopic (exact) mass is 336 g/mol. The van der Waals surface area contributed by atoms with Gasteiger partial charge in [0, 0.05) is 0 Å². The van der Waals surface area contributed by atoms with Gasteiger partial charge in [-0.3, -0.25) is 0 Å². The van der Waals surface area contributed by atoms with Crippen molar-refractivity contribution in [3.05, 3.63) is 59.2 Å². The second-order valence-corrected chi connectivity index (χ2v) is 7.60. The van der Waals surface area contributed by atoms with Gasteiger partial charge in [0.15, 0.2) is 0 Å². The highest BCUT2D eigenvalue weighted by Gasteiger charge is 2.32. The summed E-state index contributed by atoms with van der Waals surface area (Å²) >= 11 is 0. The molecule has 0 saturated heterocycles. The normalized spacial score (nSPS) is 18.5. The van der Waals surface area contributed by atoms with Gasteiger partial charge in [-0.25, -0.2) is 4.79 Å². The number of rotatable bonds is 4. The standard InChI is InChI=1S/C23H28O2/c1-5-16-13-14-23(3,4)21-15-17(11-12-19(16)21)18-9-7-8-10-20(18)22(24)25-6-2/h7-12,15-16H,5-6,13-14H2,1-4H3. The van der Waals surface area contributed by atoms with Crippen LogP contribution in [0.1, 0.15) is 74.4 Å². The van der Waals surface area contributed by atoms with Gasteiger partial charge in [0.1, 0.15) is 0 Å². The molecule has 0 aromatic heterocycles. The Morgan fingerprint density at radius 1 is 1.16 bits per heavy atom. The van der Waals surface area contributed by atoms with Crippen LogP contribution in [0.15, 0.2) is 42.5 Å².